The fourth-order valence-corrected chi connectivity index (χ4v) is 4.24. The van der Waals surface area contributed by atoms with Crippen LogP contribution in [0.5, 0.6) is 5.75 Å². The number of imidazole rings is 1. The van der Waals surface area contributed by atoms with Crippen LogP contribution in [-0.4, -0.2) is 52.5 Å². The fraction of sp³-hybridized carbons (Fsp3) is 0.391. The second kappa shape index (κ2) is 8.25. The van der Waals surface area contributed by atoms with Gasteiger partial charge in [0.05, 0.1) is 30.7 Å². The highest BCUT2D eigenvalue weighted by molar-refractivity contribution is 5.78. The normalized spacial score (nSPS) is 17.0. The SMILES string of the molecule is COc1ccccc1CN(C)C(=O)CN1CCCC1c1nc2ccccc2n1C. The van der Waals surface area contributed by atoms with Gasteiger partial charge in [-0.15, -0.1) is 0 Å². The lowest BCUT2D eigenvalue weighted by Gasteiger charge is -2.26. The Hall–Kier alpha value is -2.86. The van der Waals surface area contributed by atoms with Gasteiger partial charge in [0.25, 0.3) is 0 Å². The number of likely N-dealkylation sites (tertiary alicyclic amines) is 1. The molecular formula is C23H28N4O2. The minimum atomic E-state index is 0.113. The number of rotatable bonds is 6. The Morgan fingerprint density at radius 2 is 1.97 bits per heavy atom. The third kappa shape index (κ3) is 3.85. The Kier molecular flexibility index (Phi) is 5.53. The van der Waals surface area contributed by atoms with Crippen molar-refractivity contribution in [3.8, 4) is 5.75 Å². The van der Waals surface area contributed by atoms with E-state index in [4.69, 9.17) is 9.72 Å². The van der Waals surface area contributed by atoms with E-state index in [2.05, 4.69) is 22.6 Å². The van der Waals surface area contributed by atoms with Crippen LogP contribution < -0.4 is 4.74 Å². The molecule has 3 aromatic rings. The molecule has 6 heteroatoms. The topological polar surface area (TPSA) is 50.6 Å². The van der Waals surface area contributed by atoms with Crippen molar-refractivity contribution in [2.75, 3.05) is 27.2 Å². The second-order valence-corrected chi connectivity index (χ2v) is 7.71. The first kappa shape index (κ1) is 19.5. The molecule has 1 atom stereocenters. The number of carbonyl (C=O) groups is 1. The molecular weight excluding hydrogens is 364 g/mol. The molecule has 6 nitrogen and oxygen atoms in total. The van der Waals surface area contributed by atoms with E-state index < -0.39 is 0 Å². The maximum atomic E-state index is 13.0. The molecule has 0 aliphatic carbocycles. The number of ether oxygens (including phenoxy) is 1. The number of nitrogens with zero attached hydrogens (tertiary/aromatic N) is 4. The number of fused-ring (bicyclic) bond motifs is 1. The van der Waals surface area contributed by atoms with Crippen LogP contribution >= 0.6 is 0 Å². The lowest BCUT2D eigenvalue weighted by molar-refractivity contribution is -0.131. The van der Waals surface area contributed by atoms with Crippen LogP contribution in [0.2, 0.25) is 0 Å². The number of aryl methyl sites for hydroxylation is 1. The van der Waals surface area contributed by atoms with Gasteiger partial charge in [-0.2, -0.15) is 0 Å². The summed E-state index contributed by atoms with van der Waals surface area (Å²) in [5.41, 5.74) is 3.16. The van der Waals surface area contributed by atoms with Crippen LogP contribution in [0.1, 0.15) is 30.3 Å². The van der Waals surface area contributed by atoms with E-state index in [9.17, 15) is 4.79 Å². The number of carbonyl (C=O) groups excluding carboxylic acids is 1. The Balaban J connectivity index is 1.47. The number of hydrogen-bond acceptors (Lipinski definition) is 4. The quantitative estimate of drug-likeness (QED) is 0.645. The van der Waals surface area contributed by atoms with Gasteiger partial charge in [-0.05, 0) is 37.6 Å². The molecule has 1 saturated heterocycles. The fourth-order valence-electron chi connectivity index (χ4n) is 4.24. The van der Waals surface area contributed by atoms with E-state index in [1.165, 1.54) is 0 Å². The number of likely N-dealkylation sites (N-methyl/N-ethyl adjacent to an activating group) is 1. The predicted molar refractivity (Wildman–Crippen MR) is 114 cm³/mol. The van der Waals surface area contributed by atoms with E-state index >= 15 is 0 Å². The van der Waals surface area contributed by atoms with Gasteiger partial charge >= 0.3 is 0 Å². The summed E-state index contributed by atoms with van der Waals surface area (Å²) in [4.78, 5) is 21.9. The van der Waals surface area contributed by atoms with Gasteiger partial charge in [-0.1, -0.05) is 30.3 Å². The molecule has 2 heterocycles. The van der Waals surface area contributed by atoms with Crippen LogP contribution in [0.4, 0.5) is 0 Å². The first-order valence-electron chi connectivity index (χ1n) is 10.1. The lowest BCUT2D eigenvalue weighted by Crippen LogP contribution is -2.38. The van der Waals surface area contributed by atoms with E-state index in [1.54, 1.807) is 12.0 Å². The minimum Gasteiger partial charge on any atom is -0.496 e. The molecule has 1 unspecified atom stereocenters. The van der Waals surface area contributed by atoms with Gasteiger partial charge in [0.1, 0.15) is 11.6 Å². The Bertz CT molecular complexity index is 1010. The summed E-state index contributed by atoms with van der Waals surface area (Å²) in [5.74, 6) is 1.97. The molecule has 1 aromatic heterocycles. The first-order chi connectivity index (χ1) is 14.1. The van der Waals surface area contributed by atoms with Gasteiger partial charge in [-0.25, -0.2) is 4.98 Å². The highest BCUT2D eigenvalue weighted by atomic mass is 16.5. The average molecular weight is 393 g/mol. The monoisotopic (exact) mass is 392 g/mol. The molecule has 0 bridgehead atoms. The predicted octanol–water partition coefficient (Wildman–Crippen LogP) is 3.38. The van der Waals surface area contributed by atoms with Gasteiger partial charge in [-0.3, -0.25) is 9.69 Å². The van der Waals surface area contributed by atoms with Gasteiger partial charge in [0.15, 0.2) is 0 Å². The number of benzene rings is 2. The molecule has 1 amide bonds. The molecule has 0 spiro atoms. The van der Waals surface area contributed by atoms with Crippen molar-refractivity contribution in [3.63, 3.8) is 0 Å². The van der Waals surface area contributed by atoms with Crippen molar-refractivity contribution in [3.05, 3.63) is 59.9 Å². The summed E-state index contributed by atoms with van der Waals surface area (Å²) in [7, 11) is 5.58. The zero-order valence-corrected chi connectivity index (χ0v) is 17.3. The van der Waals surface area contributed by atoms with Gasteiger partial charge in [0, 0.05) is 26.2 Å². The molecule has 152 valence electrons. The molecule has 0 radical (unpaired) electrons. The second-order valence-electron chi connectivity index (χ2n) is 7.71. The van der Waals surface area contributed by atoms with E-state index in [0.717, 1.165) is 47.6 Å². The van der Waals surface area contributed by atoms with Gasteiger partial charge < -0.3 is 14.2 Å². The molecule has 4 rings (SSSR count). The highest BCUT2D eigenvalue weighted by Crippen LogP contribution is 2.32. The number of methoxy groups -OCH3 is 1. The van der Waals surface area contributed by atoms with Crippen LogP contribution in [0.3, 0.4) is 0 Å². The van der Waals surface area contributed by atoms with Crippen molar-refractivity contribution < 1.29 is 9.53 Å². The summed E-state index contributed by atoms with van der Waals surface area (Å²) < 4.78 is 7.58. The van der Waals surface area contributed by atoms with E-state index in [0.29, 0.717) is 13.1 Å². The summed E-state index contributed by atoms with van der Waals surface area (Å²) in [6, 6.07) is 16.2. The maximum Gasteiger partial charge on any atom is 0.236 e. The number of para-hydroxylation sites is 3. The van der Waals surface area contributed by atoms with Crippen molar-refractivity contribution in [2.24, 2.45) is 7.05 Å². The molecule has 1 fully saturated rings. The summed E-state index contributed by atoms with van der Waals surface area (Å²) >= 11 is 0. The third-order valence-corrected chi connectivity index (χ3v) is 5.85. The smallest absolute Gasteiger partial charge is 0.236 e. The molecule has 29 heavy (non-hydrogen) atoms. The third-order valence-electron chi connectivity index (χ3n) is 5.85. The number of aromatic nitrogens is 2. The Morgan fingerprint density at radius 3 is 2.76 bits per heavy atom. The molecule has 0 saturated carbocycles. The molecule has 2 aromatic carbocycles. The minimum absolute atomic E-state index is 0.113. The largest absolute Gasteiger partial charge is 0.496 e. The summed E-state index contributed by atoms with van der Waals surface area (Å²) in [6.07, 6.45) is 2.11. The lowest BCUT2D eigenvalue weighted by atomic mass is 10.2. The average Bonchev–Trinajstić information content (AvgIpc) is 3.32. The number of amides is 1. The first-order valence-corrected chi connectivity index (χ1v) is 10.1. The van der Waals surface area contributed by atoms with Crippen LogP contribution in [-0.2, 0) is 18.4 Å². The zero-order valence-electron chi connectivity index (χ0n) is 17.3. The van der Waals surface area contributed by atoms with E-state index in [1.807, 2.05) is 49.5 Å². The molecule has 0 N–H and O–H groups in total. The highest BCUT2D eigenvalue weighted by Gasteiger charge is 2.31. The number of hydrogen-bond donors (Lipinski definition) is 0. The summed E-state index contributed by atoms with van der Waals surface area (Å²) in [6.45, 7) is 1.86. The van der Waals surface area contributed by atoms with Crippen molar-refractivity contribution in [1.29, 1.82) is 0 Å². The van der Waals surface area contributed by atoms with E-state index in [-0.39, 0.29) is 11.9 Å². The van der Waals surface area contributed by atoms with Gasteiger partial charge in [0.2, 0.25) is 5.91 Å². The zero-order chi connectivity index (χ0) is 20.4. The summed E-state index contributed by atoms with van der Waals surface area (Å²) in [5, 5.41) is 0. The van der Waals surface area contributed by atoms with Crippen molar-refractivity contribution >= 4 is 16.9 Å². The Labute approximate surface area is 171 Å². The maximum absolute atomic E-state index is 13.0. The molecule has 1 aliphatic heterocycles. The van der Waals surface area contributed by atoms with Crippen LogP contribution in [0.15, 0.2) is 48.5 Å². The van der Waals surface area contributed by atoms with Crippen molar-refractivity contribution in [1.82, 2.24) is 19.4 Å². The van der Waals surface area contributed by atoms with Crippen LogP contribution in [0.25, 0.3) is 11.0 Å². The standard InChI is InChI=1S/C23H28N4O2/c1-25(15-17-9-4-7-13-21(17)29-3)22(28)16-27-14-8-12-20(27)23-24-18-10-5-6-11-19(18)26(23)2/h4-7,9-11,13,20H,8,12,14-16H2,1-3H3. The van der Waals surface area contributed by atoms with Crippen LogP contribution in [0, 0.1) is 0 Å². The molecule has 1 aliphatic rings. The Morgan fingerprint density at radius 1 is 1.21 bits per heavy atom. The van der Waals surface area contributed by atoms with Crippen molar-refractivity contribution in [2.45, 2.75) is 25.4 Å².